The first-order valence-corrected chi connectivity index (χ1v) is 11.6. The van der Waals surface area contributed by atoms with Gasteiger partial charge in [0.05, 0.1) is 23.7 Å². The van der Waals surface area contributed by atoms with Gasteiger partial charge >= 0.3 is 0 Å². The SMILES string of the molecule is Cc1ccc(CNC(=O)c2cc(S(=O)(=O)N3CCC4(CC3)OCCO4)ccc2F)cc1. The van der Waals surface area contributed by atoms with Crippen LogP contribution in [0.1, 0.15) is 34.3 Å². The molecule has 1 N–H and O–H groups in total. The zero-order chi connectivity index (χ0) is 22.1. The second-order valence-electron chi connectivity index (χ2n) is 7.82. The van der Waals surface area contributed by atoms with E-state index in [4.69, 9.17) is 9.47 Å². The molecular weight excluding hydrogens is 423 g/mol. The maximum Gasteiger partial charge on any atom is 0.254 e. The van der Waals surface area contributed by atoms with Gasteiger partial charge in [-0.05, 0) is 30.7 Å². The highest BCUT2D eigenvalue weighted by Crippen LogP contribution is 2.33. The van der Waals surface area contributed by atoms with Crippen molar-refractivity contribution in [2.24, 2.45) is 0 Å². The summed E-state index contributed by atoms with van der Waals surface area (Å²) >= 11 is 0. The molecule has 0 bridgehead atoms. The minimum atomic E-state index is -3.88. The van der Waals surface area contributed by atoms with E-state index >= 15 is 0 Å². The van der Waals surface area contributed by atoms with Crippen molar-refractivity contribution in [3.05, 3.63) is 65.0 Å². The van der Waals surface area contributed by atoms with Crippen LogP contribution in [0.15, 0.2) is 47.4 Å². The fourth-order valence-corrected chi connectivity index (χ4v) is 5.29. The van der Waals surface area contributed by atoms with E-state index in [1.807, 2.05) is 31.2 Å². The van der Waals surface area contributed by atoms with Crippen molar-refractivity contribution in [2.75, 3.05) is 26.3 Å². The number of carbonyl (C=O) groups is 1. The van der Waals surface area contributed by atoms with Crippen molar-refractivity contribution in [3.8, 4) is 0 Å². The summed E-state index contributed by atoms with van der Waals surface area (Å²) in [5, 5.41) is 2.65. The predicted molar refractivity (Wildman–Crippen MR) is 111 cm³/mol. The molecule has 1 amide bonds. The van der Waals surface area contributed by atoms with Crippen molar-refractivity contribution in [1.82, 2.24) is 9.62 Å². The van der Waals surface area contributed by atoms with Crippen LogP contribution in [0.2, 0.25) is 0 Å². The number of nitrogens with zero attached hydrogens (tertiary/aromatic N) is 1. The second kappa shape index (κ2) is 8.66. The molecule has 1 spiro atoms. The number of rotatable bonds is 5. The average Bonchev–Trinajstić information content (AvgIpc) is 3.21. The molecule has 9 heteroatoms. The predicted octanol–water partition coefficient (Wildman–Crippen LogP) is 2.59. The molecule has 2 heterocycles. The summed E-state index contributed by atoms with van der Waals surface area (Å²) in [4.78, 5) is 12.4. The Balaban J connectivity index is 1.47. The lowest BCUT2D eigenvalue weighted by atomic mass is 10.1. The molecule has 2 aromatic rings. The lowest BCUT2D eigenvalue weighted by molar-refractivity contribution is -0.179. The monoisotopic (exact) mass is 448 g/mol. The van der Waals surface area contributed by atoms with Gasteiger partial charge in [0.25, 0.3) is 5.91 Å². The van der Waals surface area contributed by atoms with Crippen LogP contribution in [0.4, 0.5) is 4.39 Å². The van der Waals surface area contributed by atoms with Gasteiger partial charge in [0.1, 0.15) is 5.82 Å². The minimum Gasteiger partial charge on any atom is -0.348 e. The summed E-state index contributed by atoms with van der Waals surface area (Å²) in [5.74, 6) is -2.14. The molecule has 2 aromatic carbocycles. The van der Waals surface area contributed by atoms with E-state index in [2.05, 4.69) is 5.32 Å². The molecule has 0 aromatic heterocycles. The molecule has 2 fully saturated rings. The van der Waals surface area contributed by atoms with E-state index in [0.29, 0.717) is 26.1 Å². The molecule has 2 saturated heterocycles. The van der Waals surface area contributed by atoms with E-state index in [-0.39, 0.29) is 30.1 Å². The van der Waals surface area contributed by atoms with Gasteiger partial charge in [0, 0.05) is 32.5 Å². The van der Waals surface area contributed by atoms with Gasteiger partial charge in [-0.2, -0.15) is 4.31 Å². The van der Waals surface area contributed by atoms with Gasteiger partial charge in [-0.25, -0.2) is 12.8 Å². The van der Waals surface area contributed by atoms with Crippen molar-refractivity contribution in [2.45, 2.75) is 37.0 Å². The Hall–Kier alpha value is -2.33. The summed E-state index contributed by atoms with van der Waals surface area (Å²) < 4.78 is 53.1. The molecule has 0 atom stereocenters. The van der Waals surface area contributed by atoms with E-state index in [1.165, 1.54) is 10.4 Å². The first kappa shape index (κ1) is 21.9. The molecule has 4 rings (SSSR count). The zero-order valence-electron chi connectivity index (χ0n) is 17.3. The number of aryl methyl sites for hydroxylation is 1. The zero-order valence-corrected chi connectivity index (χ0v) is 18.1. The maximum atomic E-state index is 14.3. The Morgan fingerprint density at radius 2 is 1.74 bits per heavy atom. The summed E-state index contributed by atoms with van der Waals surface area (Å²) in [7, 11) is -3.88. The van der Waals surface area contributed by atoms with Gasteiger partial charge in [0.15, 0.2) is 5.79 Å². The van der Waals surface area contributed by atoms with Crippen molar-refractivity contribution >= 4 is 15.9 Å². The highest BCUT2D eigenvalue weighted by Gasteiger charge is 2.42. The number of benzene rings is 2. The molecule has 166 valence electrons. The van der Waals surface area contributed by atoms with Gasteiger partial charge < -0.3 is 14.8 Å². The van der Waals surface area contributed by atoms with Crippen LogP contribution in [-0.4, -0.2) is 50.7 Å². The quantitative estimate of drug-likeness (QED) is 0.760. The number of ether oxygens (including phenoxy) is 2. The Labute approximate surface area is 181 Å². The largest absolute Gasteiger partial charge is 0.348 e. The van der Waals surface area contributed by atoms with Crippen LogP contribution < -0.4 is 5.32 Å². The van der Waals surface area contributed by atoms with Crippen molar-refractivity contribution < 1.29 is 27.1 Å². The highest BCUT2D eigenvalue weighted by atomic mass is 32.2. The normalized spacial score (nSPS) is 18.9. The van der Waals surface area contributed by atoms with E-state index < -0.39 is 27.5 Å². The summed E-state index contributed by atoms with van der Waals surface area (Å²) in [5.41, 5.74) is 1.65. The van der Waals surface area contributed by atoms with Crippen LogP contribution in [0.5, 0.6) is 0 Å². The number of sulfonamides is 1. The summed E-state index contributed by atoms with van der Waals surface area (Å²) in [6.45, 7) is 3.64. The molecule has 2 aliphatic heterocycles. The Kier molecular flexibility index (Phi) is 6.11. The molecular formula is C22H25FN2O5S. The maximum absolute atomic E-state index is 14.3. The average molecular weight is 449 g/mol. The summed E-state index contributed by atoms with van der Waals surface area (Å²) in [6, 6.07) is 10.9. The molecule has 7 nitrogen and oxygen atoms in total. The third-order valence-corrected chi connectivity index (χ3v) is 7.59. The van der Waals surface area contributed by atoms with E-state index in [0.717, 1.165) is 23.3 Å². The van der Waals surface area contributed by atoms with Gasteiger partial charge in [-0.15, -0.1) is 0 Å². The molecule has 31 heavy (non-hydrogen) atoms. The first-order chi connectivity index (χ1) is 14.8. The van der Waals surface area contributed by atoms with Crippen molar-refractivity contribution in [3.63, 3.8) is 0 Å². The fourth-order valence-electron chi connectivity index (χ4n) is 3.82. The molecule has 2 aliphatic rings. The fraction of sp³-hybridized carbons (Fsp3) is 0.409. The standard InChI is InChI=1S/C22H25FN2O5S/c1-16-2-4-17(5-3-16)15-24-21(26)19-14-18(6-7-20(19)23)31(27,28)25-10-8-22(9-11-25)29-12-13-30-22/h2-7,14H,8-13,15H2,1H3,(H,24,26). The highest BCUT2D eigenvalue weighted by molar-refractivity contribution is 7.89. The van der Waals surface area contributed by atoms with Gasteiger partial charge in [0.2, 0.25) is 10.0 Å². The smallest absolute Gasteiger partial charge is 0.254 e. The van der Waals surface area contributed by atoms with Gasteiger partial charge in [-0.3, -0.25) is 4.79 Å². The van der Waals surface area contributed by atoms with Crippen LogP contribution in [0.3, 0.4) is 0 Å². The summed E-state index contributed by atoms with van der Waals surface area (Å²) in [6.07, 6.45) is 0.856. The number of amides is 1. The van der Waals surface area contributed by atoms with Crippen LogP contribution in [0.25, 0.3) is 0 Å². The Morgan fingerprint density at radius 3 is 2.39 bits per heavy atom. The number of carbonyl (C=O) groups excluding carboxylic acids is 1. The first-order valence-electron chi connectivity index (χ1n) is 10.2. The molecule has 0 unspecified atom stereocenters. The van der Waals surface area contributed by atoms with E-state index in [1.54, 1.807) is 0 Å². The molecule has 0 aliphatic carbocycles. The minimum absolute atomic E-state index is 0.112. The number of hydrogen-bond acceptors (Lipinski definition) is 5. The lowest BCUT2D eigenvalue weighted by Crippen LogP contribution is -2.47. The number of hydrogen-bond donors (Lipinski definition) is 1. The second-order valence-corrected chi connectivity index (χ2v) is 9.76. The van der Waals surface area contributed by atoms with E-state index in [9.17, 15) is 17.6 Å². The molecule has 0 radical (unpaired) electrons. The molecule has 0 saturated carbocycles. The number of halogens is 1. The number of nitrogens with one attached hydrogen (secondary N) is 1. The van der Waals surface area contributed by atoms with Crippen LogP contribution in [0, 0.1) is 12.7 Å². The Bertz CT molecular complexity index is 1060. The van der Waals surface area contributed by atoms with Gasteiger partial charge in [-0.1, -0.05) is 29.8 Å². The number of piperidine rings is 1. The Morgan fingerprint density at radius 1 is 1.10 bits per heavy atom. The van der Waals surface area contributed by atoms with Crippen molar-refractivity contribution in [1.29, 1.82) is 0 Å². The third-order valence-electron chi connectivity index (χ3n) is 5.69. The van der Waals surface area contributed by atoms with Crippen LogP contribution >= 0.6 is 0 Å². The topological polar surface area (TPSA) is 84.9 Å². The van der Waals surface area contributed by atoms with Crippen LogP contribution in [-0.2, 0) is 26.0 Å². The third kappa shape index (κ3) is 4.64. The lowest BCUT2D eigenvalue weighted by Gasteiger charge is -2.36.